The van der Waals surface area contributed by atoms with Gasteiger partial charge >= 0.3 is 0 Å². The van der Waals surface area contributed by atoms with Gasteiger partial charge in [-0.25, -0.2) is 4.98 Å². The molecule has 0 saturated carbocycles. The van der Waals surface area contributed by atoms with Gasteiger partial charge in [-0.15, -0.1) is 0 Å². The maximum atomic E-state index is 11.8. The molecular weight excluding hydrogens is 270 g/mol. The van der Waals surface area contributed by atoms with Crippen LogP contribution in [-0.4, -0.2) is 54.6 Å². The third-order valence-corrected chi connectivity index (χ3v) is 3.21. The highest BCUT2D eigenvalue weighted by molar-refractivity contribution is 5.91. The number of aliphatic imine (C=N–C) groups is 1. The smallest absolute Gasteiger partial charge is 0.251 e. The molecule has 2 rings (SSSR count). The Morgan fingerprint density at radius 1 is 1.52 bits per heavy atom. The highest BCUT2D eigenvalue weighted by atomic mass is 16.5. The average Bonchev–Trinajstić information content (AvgIpc) is 2.94. The number of hydrogen-bond acceptors (Lipinski definition) is 4. The minimum absolute atomic E-state index is 0.000983. The molecule has 1 aromatic heterocycles. The van der Waals surface area contributed by atoms with Gasteiger partial charge in [0, 0.05) is 20.3 Å². The van der Waals surface area contributed by atoms with Gasteiger partial charge in [-0.2, -0.15) is 0 Å². The number of nitrogens with two attached hydrogens (primary N) is 1. The van der Waals surface area contributed by atoms with Gasteiger partial charge in [0.25, 0.3) is 5.91 Å². The van der Waals surface area contributed by atoms with Gasteiger partial charge in [0.2, 0.25) is 0 Å². The molecule has 1 fully saturated rings. The number of rotatable bonds is 4. The zero-order valence-corrected chi connectivity index (χ0v) is 12.3. The van der Waals surface area contributed by atoms with Gasteiger partial charge < -0.3 is 20.7 Å². The number of pyridine rings is 1. The lowest BCUT2D eigenvalue weighted by molar-refractivity contribution is -0.140. The van der Waals surface area contributed by atoms with Crippen molar-refractivity contribution in [2.75, 3.05) is 26.0 Å². The molecule has 114 valence electrons. The van der Waals surface area contributed by atoms with Crippen LogP contribution < -0.4 is 11.1 Å². The minimum Gasteiger partial charge on any atom is -0.370 e. The summed E-state index contributed by atoms with van der Waals surface area (Å²) in [4.78, 5) is 21.7. The maximum Gasteiger partial charge on any atom is 0.251 e. The number of hydrogen-bond donors (Lipinski definition) is 2. The van der Waals surface area contributed by atoms with E-state index in [1.54, 1.807) is 31.3 Å². The highest BCUT2D eigenvalue weighted by Crippen LogP contribution is 2.21. The predicted molar refractivity (Wildman–Crippen MR) is 80.9 cm³/mol. The summed E-state index contributed by atoms with van der Waals surface area (Å²) in [6, 6.07) is 5.49. The van der Waals surface area contributed by atoms with Gasteiger partial charge in [-0.05, 0) is 25.0 Å². The molecule has 0 aliphatic carbocycles. The number of ether oxygens (including phenoxy) is 1. The first kappa shape index (κ1) is 15.2. The molecule has 2 heterocycles. The predicted octanol–water partition coefficient (Wildman–Crippen LogP) is 0.444. The summed E-state index contributed by atoms with van der Waals surface area (Å²) >= 11 is 0. The quantitative estimate of drug-likeness (QED) is 0.620. The van der Waals surface area contributed by atoms with Crippen LogP contribution >= 0.6 is 0 Å². The summed E-state index contributed by atoms with van der Waals surface area (Å²) < 4.78 is 5.69. The van der Waals surface area contributed by atoms with E-state index in [1.165, 1.54) is 0 Å². The Bertz CT molecular complexity index is 503. The standard InChI is InChI=1S/C14H21N5O2/c1-19(2)13(20)11-7-6-10(21-11)9-17-14(15)18-12-5-3-4-8-16-12/h3-5,8,10-11H,6-7,9H2,1-2H3,(H3,15,16,17,18). The zero-order valence-electron chi connectivity index (χ0n) is 12.3. The van der Waals surface area contributed by atoms with Crippen molar-refractivity contribution in [1.29, 1.82) is 0 Å². The minimum atomic E-state index is -0.356. The summed E-state index contributed by atoms with van der Waals surface area (Å²) in [5.41, 5.74) is 5.79. The van der Waals surface area contributed by atoms with E-state index in [9.17, 15) is 4.79 Å². The number of nitrogens with zero attached hydrogens (tertiary/aromatic N) is 3. The van der Waals surface area contributed by atoms with Crippen LogP contribution in [0.1, 0.15) is 12.8 Å². The summed E-state index contributed by atoms with van der Waals surface area (Å²) in [7, 11) is 3.46. The number of amides is 1. The number of guanidine groups is 1. The van der Waals surface area contributed by atoms with Crippen molar-refractivity contribution < 1.29 is 9.53 Å². The molecule has 0 spiro atoms. The summed E-state index contributed by atoms with van der Waals surface area (Å²) in [5.74, 6) is 0.938. The van der Waals surface area contributed by atoms with Gasteiger partial charge in [0.15, 0.2) is 5.96 Å². The van der Waals surface area contributed by atoms with E-state index in [0.717, 1.165) is 12.8 Å². The molecule has 1 amide bonds. The van der Waals surface area contributed by atoms with Crippen molar-refractivity contribution in [3.63, 3.8) is 0 Å². The van der Waals surface area contributed by atoms with Crippen LogP contribution in [0.3, 0.4) is 0 Å². The lowest BCUT2D eigenvalue weighted by Gasteiger charge is -2.16. The number of likely N-dealkylation sites (N-methyl/N-ethyl adjacent to an activating group) is 1. The lowest BCUT2D eigenvalue weighted by Crippen LogP contribution is -2.34. The van der Waals surface area contributed by atoms with E-state index in [-0.39, 0.29) is 18.1 Å². The Hall–Kier alpha value is -2.15. The second-order valence-electron chi connectivity index (χ2n) is 5.12. The molecule has 0 bridgehead atoms. The molecule has 21 heavy (non-hydrogen) atoms. The third kappa shape index (κ3) is 4.42. The van der Waals surface area contributed by atoms with E-state index in [2.05, 4.69) is 15.3 Å². The van der Waals surface area contributed by atoms with Gasteiger partial charge in [0.1, 0.15) is 11.9 Å². The van der Waals surface area contributed by atoms with Crippen molar-refractivity contribution in [2.24, 2.45) is 10.7 Å². The molecule has 1 aliphatic rings. The number of carbonyl (C=O) groups is 1. The normalized spacial score (nSPS) is 22.1. The van der Waals surface area contributed by atoms with Crippen molar-refractivity contribution in [2.45, 2.75) is 25.0 Å². The van der Waals surface area contributed by atoms with E-state index in [0.29, 0.717) is 18.3 Å². The Balaban J connectivity index is 1.80. The van der Waals surface area contributed by atoms with Crippen molar-refractivity contribution in [1.82, 2.24) is 9.88 Å². The van der Waals surface area contributed by atoms with Gasteiger partial charge in [-0.1, -0.05) is 6.07 Å². The van der Waals surface area contributed by atoms with Crippen LogP contribution in [0.25, 0.3) is 0 Å². The fourth-order valence-corrected chi connectivity index (χ4v) is 2.12. The first-order valence-corrected chi connectivity index (χ1v) is 6.91. The fraction of sp³-hybridized carbons (Fsp3) is 0.500. The monoisotopic (exact) mass is 291 g/mol. The summed E-state index contributed by atoms with van der Waals surface area (Å²) in [6.45, 7) is 0.433. The van der Waals surface area contributed by atoms with Crippen LogP contribution in [0, 0.1) is 0 Å². The summed E-state index contributed by atoms with van der Waals surface area (Å²) in [6.07, 6.45) is 2.79. The third-order valence-electron chi connectivity index (χ3n) is 3.21. The molecule has 0 aromatic carbocycles. The first-order valence-electron chi connectivity index (χ1n) is 6.91. The van der Waals surface area contributed by atoms with Crippen LogP contribution in [0.2, 0.25) is 0 Å². The van der Waals surface area contributed by atoms with Crippen molar-refractivity contribution in [3.05, 3.63) is 24.4 Å². The summed E-state index contributed by atoms with van der Waals surface area (Å²) in [5, 5.41) is 2.90. The first-order chi connectivity index (χ1) is 10.1. The maximum absolute atomic E-state index is 11.8. The molecule has 2 atom stereocenters. The van der Waals surface area contributed by atoms with E-state index in [1.807, 2.05) is 12.1 Å². The second kappa shape index (κ2) is 7.03. The largest absolute Gasteiger partial charge is 0.370 e. The van der Waals surface area contributed by atoms with Crippen LogP contribution in [0.15, 0.2) is 29.4 Å². The topological polar surface area (TPSA) is 92.8 Å². The lowest BCUT2D eigenvalue weighted by atomic mass is 10.2. The van der Waals surface area contributed by atoms with E-state index >= 15 is 0 Å². The second-order valence-corrected chi connectivity index (χ2v) is 5.12. The van der Waals surface area contributed by atoms with Crippen LogP contribution in [-0.2, 0) is 9.53 Å². The van der Waals surface area contributed by atoms with E-state index in [4.69, 9.17) is 10.5 Å². The van der Waals surface area contributed by atoms with Gasteiger partial charge in [-0.3, -0.25) is 9.79 Å². The van der Waals surface area contributed by atoms with Crippen molar-refractivity contribution in [3.8, 4) is 0 Å². The number of nitrogens with one attached hydrogen (secondary N) is 1. The Labute approximate surface area is 124 Å². The molecule has 0 radical (unpaired) electrons. The molecule has 3 N–H and O–H groups in total. The molecule has 1 aromatic rings. The molecular formula is C14H21N5O2. The molecule has 7 nitrogen and oxygen atoms in total. The SMILES string of the molecule is CN(C)C(=O)C1CCC(CN=C(N)Nc2ccccn2)O1. The number of aromatic nitrogens is 1. The molecule has 7 heteroatoms. The molecule has 1 aliphatic heterocycles. The van der Waals surface area contributed by atoms with Crippen LogP contribution in [0.5, 0.6) is 0 Å². The average molecular weight is 291 g/mol. The Kier molecular flexibility index (Phi) is 5.10. The fourth-order valence-electron chi connectivity index (χ4n) is 2.12. The van der Waals surface area contributed by atoms with E-state index < -0.39 is 0 Å². The highest BCUT2D eigenvalue weighted by Gasteiger charge is 2.31. The number of anilines is 1. The molecule has 1 saturated heterocycles. The number of carbonyl (C=O) groups excluding carboxylic acids is 1. The zero-order chi connectivity index (χ0) is 15.2. The van der Waals surface area contributed by atoms with Gasteiger partial charge in [0.05, 0.1) is 12.6 Å². The van der Waals surface area contributed by atoms with Crippen molar-refractivity contribution >= 4 is 17.7 Å². The molecule has 2 unspecified atom stereocenters. The Morgan fingerprint density at radius 2 is 2.33 bits per heavy atom. The van der Waals surface area contributed by atoms with Crippen LogP contribution in [0.4, 0.5) is 5.82 Å². The Morgan fingerprint density at radius 3 is 3.00 bits per heavy atom.